The highest BCUT2D eigenvalue weighted by atomic mass is 35.5. The molecule has 1 aliphatic rings. The van der Waals surface area contributed by atoms with E-state index < -0.39 is 18.3 Å². The fourth-order valence-electron chi connectivity index (χ4n) is 20.8. The minimum Gasteiger partial charge on any atom is -0.399 e. The van der Waals surface area contributed by atoms with Gasteiger partial charge in [-0.1, -0.05) is 454 Å². The highest BCUT2D eigenvalue weighted by molar-refractivity contribution is 6.62. The molecule has 5 heterocycles. The molecule has 12 nitrogen and oxygen atoms in total. The lowest BCUT2D eigenvalue weighted by molar-refractivity contribution is 0.00578. The van der Waals surface area contributed by atoms with Crippen molar-refractivity contribution in [3.8, 4) is 180 Å². The fourth-order valence-corrected chi connectivity index (χ4v) is 21.0. The molecule has 0 aliphatic carbocycles. The molecule has 0 spiro atoms. The molecule has 14 heteroatoms. The van der Waals surface area contributed by atoms with Gasteiger partial charge in [0.25, 0.3) is 0 Å². The molecule has 714 valence electrons. The summed E-state index contributed by atoms with van der Waals surface area (Å²) in [5, 5.41) is 15.2. The van der Waals surface area contributed by atoms with Crippen LogP contribution in [0, 0.1) is 13.8 Å². The SMILES string of the molecule is CC1(C)OB(c2cccc(-c3nc(-c4ccccc4)nc(-c4cccc(-c5c6ccccc6c(-c6ccccc6)c6ccccc56)c4)n3)c2)OC1(C)C.Cc1ccc(-c2cccc(-c3nc(-c4ccccc4)nc(-c4cccc(-c5c6ccccc6c(-c6ccccc6)c6ccccc56)c4)n3)c2)c(C)n1.Clc1cccc(-c2nc(-c3ccccc3)nc(-c3cccc(-c4c5ccccc5c(-c5ccccc5)c5ccccc45)c3)n2)c1. The van der Waals surface area contributed by atoms with Crippen molar-refractivity contribution in [3.05, 3.63) is 502 Å². The number of benzene rings is 21. The van der Waals surface area contributed by atoms with E-state index in [2.05, 4.69) is 386 Å². The monoisotopic (exact) mass is 1950 g/mol. The number of aromatic nitrogens is 10. The van der Waals surface area contributed by atoms with Crippen molar-refractivity contribution in [1.29, 1.82) is 0 Å². The molecule has 4 aromatic heterocycles. The summed E-state index contributed by atoms with van der Waals surface area (Å²) in [6.45, 7) is 12.3. The van der Waals surface area contributed by atoms with Gasteiger partial charge in [-0.05, 0) is 226 Å². The zero-order valence-electron chi connectivity index (χ0n) is 83.4. The van der Waals surface area contributed by atoms with Crippen molar-refractivity contribution in [1.82, 2.24) is 49.8 Å². The first-order valence-corrected chi connectivity index (χ1v) is 51.0. The number of aryl methyl sites for hydroxylation is 2. The van der Waals surface area contributed by atoms with Crippen molar-refractivity contribution in [2.75, 3.05) is 0 Å². The maximum Gasteiger partial charge on any atom is 0.494 e. The molecule has 0 atom stereocenters. The summed E-state index contributed by atoms with van der Waals surface area (Å²) in [7, 11) is -0.496. The van der Waals surface area contributed by atoms with E-state index in [0.29, 0.717) is 57.4 Å². The summed E-state index contributed by atoms with van der Waals surface area (Å²) < 4.78 is 12.8. The number of nitrogens with zero attached hydrogens (tertiary/aromatic N) is 10. The maximum atomic E-state index is 6.40. The van der Waals surface area contributed by atoms with Gasteiger partial charge in [-0.25, -0.2) is 44.9 Å². The van der Waals surface area contributed by atoms with E-state index in [-0.39, 0.29) is 0 Å². The summed E-state index contributed by atoms with van der Waals surface area (Å²) >= 11 is 6.37. The molecular weight excluding hydrogens is 1850 g/mol. The summed E-state index contributed by atoms with van der Waals surface area (Å²) in [5.74, 6) is 5.48. The van der Waals surface area contributed by atoms with Crippen LogP contribution in [-0.4, -0.2) is 68.2 Å². The fraction of sp³-hybridized carbons (Fsp3) is 0.0588. The zero-order valence-corrected chi connectivity index (χ0v) is 84.2. The lowest BCUT2D eigenvalue weighted by atomic mass is 9.78. The Morgan fingerprint density at radius 1 is 0.180 bits per heavy atom. The van der Waals surface area contributed by atoms with Crippen molar-refractivity contribution in [2.24, 2.45) is 0 Å². The molecule has 26 rings (SSSR count). The molecule has 0 saturated carbocycles. The van der Waals surface area contributed by atoms with E-state index in [1.54, 1.807) is 0 Å². The Morgan fingerprint density at radius 3 is 0.647 bits per heavy atom. The molecule has 25 aromatic rings. The van der Waals surface area contributed by atoms with E-state index >= 15 is 0 Å². The number of hydrogen-bond donors (Lipinski definition) is 0. The van der Waals surface area contributed by atoms with Crippen LogP contribution in [0.15, 0.2) is 485 Å². The molecule has 0 unspecified atom stereocenters. The maximum absolute atomic E-state index is 6.40. The average Bonchev–Trinajstić information content (AvgIpc) is 1.08. The molecule has 1 aliphatic heterocycles. The van der Waals surface area contributed by atoms with Crippen LogP contribution in [0.2, 0.25) is 5.02 Å². The number of pyridine rings is 1. The van der Waals surface area contributed by atoms with Crippen molar-refractivity contribution >= 4 is 88.8 Å². The minimum absolute atomic E-state index is 0.446. The van der Waals surface area contributed by atoms with Crippen LogP contribution in [0.1, 0.15) is 39.1 Å². The molecule has 0 radical (unpaired) electrons. The molecule has 1 fully saturated rings. The normalized spacial score (nSPS) is 12.5. The smallest absolute Gasteiger partial charge is 0.399 e. The largest absolute Gasteiger partial charge is 0.494 e. The second-order valence-corrected chi connectivity index (χ2v) is 39.2. The van der Waals surface area contributed by atoms with Crippen molar-refractivity contribution in [3.63, 3.8) is 0 Å². The third-order valence-corrected chi connectivity index (χ3v) is 28.9. The zero-order chi connectivity index (χ0) is 101. The third kappa shape index (κ3) is 18.6. The first kappa shape index (κ1) is 93.9. The standard InChI is InChI=1S/C48H34N4.C47H38BN3O2.C41H26ClN3/c1-31-27-28-39(32(2)49-31)35-19-13-21-37(29-35)47-50-46(34-17-7-4-8-18-34)51-48(52-47)38-22-14-20-36(30-38)45-42-25-11-9-23-40(42)44(33-15-5-3-6-16-33)41-24-10-12-26-43(41)45;1-46(2)47(3,4)53-48(52-46)36-24-16-23-35(30-36)45-50-43(32-19-9-6-10-20-32)49-44(51-45)34-22-15-21-33(29-34)42-39-27-13-11-25-37(39)41(31-17-7-5-8-18-31)38-26-12-14-28-40(38)42;42-32-20-12-19-31(26-32)41-44-39(28-15-5-2-6-16-28)43-40(45-41)30-18-11-17-29(25-30)38-35-23-9-7-21-33(35)37(27-13-3-1-4-14-27)34-22-8-10-24-36(34)38/h3-30H,1-2H3;5-30H,1-4H3;1-26H. The predicted molar refractivity (Wildman–Crippen MR) is 619 cm³/mol. The Balaban J connectivity index is 0.000000120. The Morgan fingerprint density at radius 2 is 0.380 bits per heavy atom. The van der Waals surface area contributed by atoms with Gasteiger partial charge in [0.1, 0.15) is 0 Å². The highest BCUT2D eigenvalue weighted by Crippen LogP contribution is 2.50. The van der Waals surface area contributed by atoms with Crippen LogP contribution in [0.3, 0.4) is 0 Å². The molecule has 150 heavy (non-hydrogen) atoms. The third-order valence-electron chi connectivity index (χ3n) is 28.6. The summed E-state index contributed by atoms with van der Waals surface area (Å²) in [5.41, 5.74) is 26.6. The Kier molecular flexibility index (Phi) is 25.4. The molecular formula is C136H98BClN10O2. The number of halogens is 1. The second kappa shape index (κ2) is 40.6. The predicted octanol–water partition coefficient (Wildman–Crippen LogP) is 34.2. The molecule has 0 N–H and O–H groups in total. The first-order valence-electron chi connectivity index (χ1n) is 50.6. The molecule has 0 bridgehead atoms. The van der Waals surface area contributed by atoms with Gasteiger partial charge in [0.05, 0.1) is 11.2 Å². The molecule has 21 aromatic carbocycles. The highest BCUT2D eigenvalue weighted by Gasteiger charge is 2.52. The van der Waals surface area contributed by atoms with Gasteiger partial charge in [-0.3, -0.25) is 4.98 Å². The van der Waals surface area contributed by atoms with E-state index in [1.165, 1.54) is 115 Å². The first-order chi connectivity index (χ1) is 73.6. The number of fused-ring (bicyclic) bond motifs is 6. The van der Waals surface area contributed by atoms with Crippen LogP contribution in [0.25, 0.3) is 245 Å². The summed E-state index contributed by atoms with van der Waals surface area (Å²) in [4.78, 5) is 50.0. The van der Waals surface area contributed by atoms with E-state index in [9.17, 15) is 0 Å². The van der Waals surface area contributed by atoms with E-state index in [1.807, 2.05) is 140 Å². The van der Waals surface area contributed by atoms with Crippen LogP contribution >= 0.6 is 11.6 Å². The van der Waals surface area contributed by atoms with Gasteiger partial charge in [-0.15, -0.1) is 0 Å². The van der Waals surface area contributed by atoms with Crippen LogP contribution in [0.5, 0.6) is 0 Å². The lowest BCUT2D eigenvalue weighted by Crippen LogP contribution is -2.41. The average molecular weight is 1950 g/mol. The van der Waals surface area contributed by atoms with Gasteiger partial charge >= 0.3 is 7.12 Å². The van der Waals surface area contributed by atoms with Gasteiger partial charge < -0.3 is 9.31 Å². The Labute approximate surface area is 876 Å². The minimum atomic E-state index is -0.496. The lowest BCUT2D eigenvalue weighted by Gasteiger charge is -2.32. The second-order valence-electron chi connectivity index (χ2n) is 38.8. The van der Waals surface area contributed by atoms with Gasteiger partial charge in [0.2, 0.25) is 0 Å². The summed E-state index contributed by atoms with van der Waals surface area (Å²) in [6.07, 6.45) is 0. The Hall–Kier alpha value is -18.4. The van der Waals surface area contributed by atoms with Crippen LogP contribution in [-0.2, 0) is 9.31 Å². The van der Waals surface area contributed by atoms with Gasteiger partial charge in [-0.2, -0.15) is 0 Å². The van der Waals surface area contributed by atoms with Gasteiger partial charge in [0.15, 0.2) is 52.4 Å². The van der Waals surface area contributed by atoms with Crippen LogP contribution < -0.4 is 5.46 Å². The number of rotatable bonds is 17. The number of hydrogen-bond acceptors (Lipinski definition) is 12. The van der Waals surface area contributed by atoms with E-state index in [0.717, 1.165) is 94.7 Å². The van der Waals surface area contributed by atoms with Crippen molar-refractivity contribution in [2.45, 2.75) is 52.7 Å². The summed E-state index contributed by atoms with van der Waals surface area (Å²) in [6, 6.07) is 169. The van der Waals surface area contributed by atoms with Crippen LogP contribution in [0.4, 0.5) is 0 Å². The molecule has 1 saturated heterocycles. The van der Waals surface area contributed by atoms with Crippen molar-refractivity contribution < 1.29 is 9.31 Å². The van der Waals surface area contributed by atoms with E-state index in [4.69, 9.17) is 70.7 Å². The quantitative estimate of drug-likeness (QED) is 0.0631. The Bertz CT molecular complexity index is 9270. The molecule has 0 amide bonds. The van der Waals surface area contributed by atoms with Gasteiger partial charge in [0, 0.05) is 72.0 Å². The topological polar surface area (TPSA) is 147 Å².